The van der Waals surface area contributed by atoms with Gasteiger partial charge in [0.1, 0.15) is 5.75 Å². The molecule has 1 saturated heterocycles. The van der Waals surface area contributed by atoms with Crippen LogP contribution >= 0.6 is 0 Å². The zero-order valence-electron chi connectivity index (χ0n) is 12.7. The molecule has 2 rings (SSSR count). The van der Waals surface area contributed by atoms with Gasteiger partial charge >= 0.3 is 0 Å². The van der Waals surface area contributed by atoms with Crippen molar-refractivity contribution in [1.82, 2.24) is 10.2 Å². The largest absolute Gasteiger partial charge is 0.497 e. The van der Waals surface area contributed by atoms with Gasteiger partial charge in [0.15, 0.2) is 0 Å². The molecule has 0 spiro atoms. The lowest BCUT2D eigenvalue weighted by Gasteiger charge is -2.25. The minimum Gasteiger partial charge on any atom is -0.497 e. The topological polar surface area (TPSA) is 41.6 Å². The molecule has 0 aromatic heterocycles. The highest BCUT2D eigenvalue weighted by atomic mass is 16.5. The summed E-state index contributed by atoms with van der Waals surface area (Å²) in [6.07, 6.45) is 4.46. The summed E-state index contributed by atoms with van der Waals surface area (Å²) in [6, 6.07) is 8.27. The lowest BCUT2D eigenvalue weighted by atomic mass is 10.1. The summed E-state index contributed by atoms with van der Waals surface area (Å²) in [5.41, 5.74) is 1.12. The van der Waals surface area contributed by atoms with Crippen LogP contribution in [0.4, 0.5) is 0 Å². The first-order chi connectivity index (χ1) is 10.2. The summed E-state index contributed by atoms with van der Waals surface area (Å²) < 4.78 is 5.24. The van der Waals surface area contributed by atoms with E-state index in [0.717, 1.165) is 37.2 Å². The predicted octanol–water partition coefficient (Wildman–Crippen LogP) is 2.35. The number of carbonyl (C=O) groups excluding carboxylic acids is 1. The average molecular weight is 288 g/mol. The molecule has 1 aliphatic heterocycles. The third-order valence-electron chi connectivity index (χ3n) is 3.88. The van der Waals surface area contributed by atoms with Crippen molar-refractivity contribution in [2.24, 2.45) is 0 Å². The van der Waals surface area contributed by atoms with Gasteiger partial charge in [0, 0.05) is 25.6 Å². The van der Waals surface area contributed by atoms with Crippen LogP contribution in [0.2, 0.25) is 0 Å². The van der Waals surface area contributed by atoms with Crippen LogP contribution in [0.1, 0.15) is 24.8 Å². The van der Waals surface area contributed by atoms with Crippen molar-refractivity contribution in [2.45, 2.75) is 31.8 Å². The Balaban J connectivity index is 1.94. The van der Waals surface area contributed by atoms with E-state index in [-0.39, 0.29) is 5.91 Å². The molecule has 1 fully saturated rings. The first-order valence-electron chi connectivity index (χ1n) is 7.48. The number of nitrogens with zero attached hydrogens (tertiary/aromatic N) is 1. The Morgan fingerprint density at radius 3 is 3.14 bits per heavy atom. The molecule has 1 amide bonds. The molecular weight excluding hydrogens is 264 g/mol. The van der Waals surface area contributed by atoms with Crippen LogP contribution in [-0.4, -0.2) is 37.0 Å². The normalized spacial score (nSPS) is 18.0. The van der Waals surface area contributed by atoms with Gasteiger partial charge in [0.2, 0.25) is 5.91 Å². The maximum atomic E-state index is 12.1. The molecule has 0 bridgehead atoms. The predicted molar refractivity (Wildman–Crippen MR) is 84.2 cm³/mol. The summed E-state index contributed by atoms with van der Waals surface area (Å²) in [6.45, 7) is 6.09. The van der Waals surface area contributed by atoms with E-state index in [2.05, 4.69) is 11.9 Å². The molecule has 1 aromatic rings. The summed E-state index contributed by atoms with van der Waals surface area (Å²) in [5, 5.41) is 3.30. The lowest BCUT2D eigenvalue weighted by molar-refractivity contribution is -0.129. The SMILES string of the molecule is C=CCNCCC1CCC(=O)N1Cc1cccc(OC)c1. The van der Waals surface area contributed by atoms with Crippen LogP contribution < -0.4 is 10.1 Å². The van der Waals surface area contributed by atoms with Crippen molar-refractivity contribution in [3.63, 3.8) is 0 Å². The van der Waals surface area contributed by atoms with Gasteiger partial charge in [-0.1, -0.05) is 18.2 Å². The first kappa shape index (κ1) is 15.6. The van der Waals surface area contributed by atoms with Crippen LogP contribution in [0.15, 0.2) is 36.9 Å². The highest BCUT2D eigenvalue weighted by molar-refractivity contribution is 5.78. The second kappa shape index (κ2) is 7.84. The molecule has 1 aliphatic rings. The number of rotatable bonds is 8. The molecule has 4 heteroatoms. The highest BCUT2D eigenvalue weighted by Gasteiger charge is 2.30. The Bertz CT molecular complexity index is 487. The molecule has 21 heavy (non-hydrogen) atoms. The van der Waals surface area contributed by atoms with E-state index in [1.54, 1.807) is 7.11 Å². The fraction of sp³-hybridized carbons (Fsp3) is 0.471. The van der Waals surface area contributed by atoms with Gasteiger partial charge in [-0.05, 0) is 37.1 Å². The van der Waals surface area contributed by atoms with E-state index in [9.17, 15) is 4.79 Å². The van der Waals surface area contributed by atoms with Crippen LogP contribution in [-0.2, 0) is 11.3 Å². The summed E-state index contributed by atoms with van der Waals surface area (Å²) in [4.78, 5) is 14.1. The third-order valence-corrected chi connectivity index (χ3v) is 3.88. The number of benzene rings is 1. The van der Waals surface area contributed by atoms with E-state index in [1.165, 1.54) is 0 Å². The molecule has 1 N–H and O–H groups in total. The van der Waals surface area contributed by atoms with Crippen LogP contribution in [0.25, 0.3) is 0 Å². The van der Waals surface area contributed by atoms with Crippen molar-refractivity contribution < 1.29 is 9.53 Å². The Kier molecular flexibility index (Phi) is 5.81. The van der Waals surface area contributed by atoms with Crippen LogP contribution in [0.3, 0.4) is 0 Å². The van der Waals surface area contributed by atoms with Gasteiger partial charge in [0.05, 0.1) is 7.11 Å². The maximum absolute atomic E-state index is 12.1. The fourth-order valence-electron chi connectivity index (χ4n) is 2.75. The summed E-state index contributed by atoms with van der Waals surface area (Å²) >= 11 is 0. The number of ether oxygens (including phenoxy) is 1. The number of hydrogen-bond acceptors (Lipinski definition) is 3. The number of methoxy groups -OCH3 is 1. The van der Waals surface area contributed by atoms with E-state index in [0.29, 0.717) is 19.0 Å². The molecule has 1 unspecified atom stereocenters. The Morgan fingerprint density at radius 1 is 1.52 bits per heavy atom. The monoisotopic (exact) mass is 288 g/mol. The smallest absolute Gasteiger partial charge is 0.223 e. The lowest BCUT2D eigenvalue weighted by Crippen LogP contribution is -2.34. The molecule has 0 saturated carbocycles. The van der Waals surface area contributed by atoms with Crippen molar-refractivity contribution in [2.75, 3.05) is 20.2 Å². The van der Waals surface area contributed by atoms with Crippen LogP contribution in [0, 0.1) is 0 Å². The second-order valence-corrected chi connectivity index (χ2v) is 5.35. The van der Waals surface area contributed by atoms with E-state index in [1.807, 2.05) is 35.2 Å². The number of nitrogens with one attached hydrogen (secondary N) is 1. The van der Waals surface area contributed by atoms with Gasteiger partial charge in [0.25, 0.3) is 0 Å². The zero-order valence-corrected chi connectivity index (χ0v) is 12.7. The highest BCUT2D eigenvalue weighted by Crippen LogP contribution is 2.24. The molecule has 4 nitrogen and oxygen atoms in total. The molecule has 1 atom stereocenters. The fourth-order valence-corrected chi connectivity index (χ4v) is 2.75. The molecule has 0 radical (unpaired) electrons. The number of hydrogen-bond donors (Lipinski definition) is 1. The van der Waals surface area contributed by atoms with E-state index < -0.39 is 0 Å². The number of carbonyl (C=O) groups is 1. The molecule has 114 valence electrons. The van der Waals surface area contributed by atoms with Gasteiger partial charge in [-0.15, -0.1) is 6.58 Å². The quantitative estimate of drug-likeness (QED) is 0.590. The van der Waals surface area contributed by atoms with E-state index >= 15 is 0 Å². The number of amides is 1. The number of likely N-dealkylation sites (tertiary alicyclic amines) is 1. The average Bonchev–Trinajstić information content (AvgIpc) is 2.85. The standard InChI is InChI=1S/C17H24N2O2/c1-3-10-18-11-9-15-7-8-17(20)19(15)13-14-5-4-6-16(12-14)21-2/h3-6,12,15,18H,1,7-11,13H2,2H3. The Labute approximate surface area is 126 Å². The van der Waals surface area contributed by atoms with Crippen LogP contribution in [0.5, 0.6) is 5.75 Å². The Morgan fingerprint density at radius 2 is 2.38 bits per heavy atom. The summed E-state index contributed by atoms with van der Waals surface area (Å²) in [7, 11) is 1.66. The van der Waals surface area contributed by atoms with Gasteiger partial charge < -0.3 is 15.0 Å². The summed E-state index contributed by atoms with van der Waals surface area (Å²) in [5.74, 6) is 1.09. The minimum absolute atomic E-state index is 0.256. The molecule has 1 heterocycles. The van der Waals surface area contributed by atoms with Gasteiger partial charge in [-0.25, -0.2) is 0 Å². The molecule has 0 aliphatic carbocycles. The van der Waals surface area contributed by atoms with Crippen molar-refractivity contribution in [3.05, 3.63) is 42.5 Å². The van der Waals surface area contributed by atoms with Gasteiger partial charge in [-0.3, -0.25) is 4.79 Å². The molecule has 1 aromatic carbocycles. The van der Waals surface area contributed by atoms with Crippen molar-refractivity contribution in [1.29, 1.82) is 0 Å². The second-order valence-electron chi connectivity index (χ2n) is 5.35. The van der Waals surface area contributed by atoms with Gasteiger partial charge in [-0.2, -0.15) is 0 Å². The maximum Gasteiger partial charge on any atom is 0.223 e. The van der Waals surface area contributed by atoms with Crippen molar-refractivity contribution >= 4 is 5.91 Å². The molecular formula is C17H24N2O2. The minimum atomic E-state index is 0.256. The third kappa shape index (κ3) is 4.33. The van der Waals surface area contributed by atoms with E-state index in [4.69, 9.17) is 4.74 Å². The first-order valence-corrected chi connectivity index (χ1v) is 7.48. The Hall–Kier alpha value is -1.81. The van der Waals surface area contributed by atoms with Crippen molar-refractivity contribution in [3.8, 4) is 5.75 Å². The zero-order chi connectivity index (χ0) is 15.1.